The van der Waals surface area contributed by atoms with Crippen LogP contribution in [-0.2, 0) is 14.8 Å². The van der Waals surface area contributed by atoms with Crippen molar-refractivity contribution < 1.29 is 13.2 Å². The highest BCUT2D eigenvalue weighted by molar-refractivity contribution is 9.09. The van der Waals surface area contributed by atoms with Gasteiger partial charge in [-0.2, -0.15) is 0 Å². The molecule has 1 atom stereocenters. The molecule has 0 aromatic rings. The summed E-state index contributed by atoms with van der Waals surface area (Å²) < 4.78 is 29.8. The lowest BCUT2D eigenvalue weighted by Crippen LogP contribution is -2.31. The van der Waals surface area contributed by atoms with Crippen molar-refractivity contribution >= 4 is 26.0 Å². The van der Waals surface area contributed by atoms with Crippen LogP contribution >= 0.6 is 15.9 Å². The van der Waals surface area contributed by atoms with E-state index < -0.39 is 10.0 Å². The van der Waals surface area contributed by atoms with Crippen molar-refractivity contribution in [3.05, 3.63) is 0 Å². The van der Waals surface area contributed by atoms with Crippen molar-refractivity contribution in [2.45, 2.75) is 13.3 Å². The summed E-state index contributed by atoms with van der Waals surface area (Å²) in [5, 5.41) is 0.897. The van der Waals surface area contributed by atoms with Gasteiger partial charge >= 0.3 is 0 Å². The predicted molar refractivity (Wildman–Crippen MR) is 61.2 cm³/mol. The van der Waals surface area contributed by atoms with Gasteiger partial charge in [-0.15, -0.1) is 0 Å². The highest BCUT2D eigenvalue weighted by Gasteiger charge is 2.11. The number of methoxy groups -OCH3 is 1. The fourth-order valence-corrected chi connectivity index (χ4v) is 2.67. The van der Waals surface area contributed by atoms with Crippen LogP contribution in [0.25, 0.3) is 0 Å². The molecule has 0 aromatic carbocycles. The summed E-state index contributed by atoms with van der Waals surface area (Å²) in [6.07, 6.45) is 0.965. The molecule has 0 bridgehead atoms. The molecule has 0 amide bonds. The van der Waals surface area contributed by atoms with Crippen LogP contribution in [0.5, 0.6) is 0 Å². The number of sulfonamides is 1. The number of rotatable bonds is 8. The number of hydrogen-bond donors (Lipinski definition) is 1. The number of hydrogen-bond acceptors (Lipinski definition) is 3. The Hall–Kier alpha value is 0.350. The minimum atomic E-state index is -3.15. The van der Waals surface area contributed by atoms with Crippen molar-refractivity contribution in [2.75, 3.05) is 31.3 Å². The molecule has 0 saturated heterocycles. The molecular weight excluding hydrogens is 270 g/mol. The quantitative estimate of drug-likeness (QED) is 0.677. The monoisotopic (exact) mass is 287 g/mol. The van der Waals surface area contributed by atoms with Crippen LogP contribution in [-0.4, -0.2) is 39.8 Å². The Morgan fingerprint density at radius 2 is 2.14 bits per heavy atom. The third kappa shape index (κ3) is 7.73. The van der Waals surface area contributed by atoms with Gasteiger partial charge in [0, 0.05) is 19.0 Å². The zero-order valence-electron chi connectivity index (χ0n) is 8.62. The lowest BCUT2D eigenvalue weighted by atomic mass is 10.1. The molecule has 0 aliphatic carbocycles. The second kappa shape index (κ2) is 7.62. The fraction of sp³-hybridized carbons (Fsp3) is 1.00. The van der Waals surface area contributed by atoms with Gasteiger partial charge in [-0.25, -0.2) is 13.1 Å². The largest absolute Gasteiger partial charge is 0.384 e. The molecule has 0 rings (SSSR count). The Morgan fingerprint density at radius 3 is 2.64 bits per heavy atom. The SMILES string of the molecule is COCCS(=O)(=O)NCC(C)CCBr. The van der Waals surface area contributed by atoms with E-state index in [1.54, 1.807) is 0 Å². The van der Waals surface area contributed by atoms with E-state index >= 15 is 0 Å². The molecule has 0 fully saturated rings. The van der Waals surface area contributed by atoms with Crippen molar-refractivity contribution in [1.29, 1.82) is 0 Å². The fourth-order valence-electron chi connectivity index (χ4n) is 0.823. The van der Waals surface area contributed by atoms with Gasteiger partial charge in [-0.1, -0.05) is 22.9 Å². The van der Waals surface area contributed by atoms with E-state index in [0.29, 0.717) is 12.5 Å². The lowest BCUT2D eigenvalue weighted by Gasteiger charge is -2.11. The topological polar surface area (TPSA) is 55.4 Å². The third-order valence-electron chi connectivity index (χ3n) is 1.81. The second-order valence-electron chi connectivity index (χ2n) is 3.24. The Bertz CT molecular complexity index is 231. The highest BCUT2D eigenvalue weighted by Crippen LogP contribution is 2.03. The molecule has 1 N–H and O–H groups in total. The van der Waals surface area contributed by atoms with Crippen LogP contribution in [0, 0.1) is 5.92 Å². The standard InChI is InChI=1S/C8H18BrNO3S/c1-8(3-4-9)7-10-14(11,12)6-5-13-2/h8,10H,3-7H2,1-2H3. The molecule has 4 nitrogen and oxygen atoms in total. The van der Waals surface area contributed by atoms with Crippen LogP contribution in [0.2, 0.25) is 0 Å². The number of nitrogens with one attached hydrogen (secondary N) is 1. The van der Waals surface area contributed by atoms with E-state index in [1.807, 2.05) is 6.92 Å². The van der Waals surface area contributed by atoms with E-state index in [4.69, 9.17) is 4.74 Å². The van der Waals surface area contributed by atoms with E-state index in [1.165, 1.54) is 7.11 Å². The Morgan fingerprint density at radius 1 is 1.50 bits per heavy atom. The van der Waals surface area contributed by atoms with Crippen LogP contribution in [0.15, 0.2) is 0 Å². The van der Waals surface area contributed by atoms with Crippen LogP contribution in [0.4, 0.5) is 0 Å². The van der Waals surface area contributed by atoms with E-state index in [0.717, 1.165) is 11.8 Å². The molecule has 0 radical (unpaired) electrons. The first-order valence-electron chi connectivity index (χ1n) is 4.54. The van der Waals surface area contributed by atoms with Crippen molar-refractivity contribution in [3.8, 4) is 0 Å². The van der Waals surface area contributed by atoms with Crippen LogP contribution < -0.4 is 4.72 Å². The normalized spacial score (nSPS) is 14.2. The molecule has 0 heterocycles. The third-order valence-corrected chi connectivity index (χ3v) is 3.58. The maximum atomic E-state index is 11.3. The summed E-state index contributed by atoms with van der Waals surface area (Å²) in [6, 6.07) is 0. The van der Waals surface area contributed by atoms with Crippen molar-refractivity contribution in [2.24, 2.45) is 5.92 Å². The van der Waals surface area contributed by atoms with Gasteiger partial charge in [-0.05, 0) is 12.3 Å². The van der Waals surface area contributed by atoms with Crippen LogP contribution in [0.3, 0.4) is 0 Å². The van der Waals surface area contributed by atoms with Gasteiger partial charge < -0.3 is 4.74 Å². The molecule has 0 spiro atoms. The summed E-state index contributed by atoms with van der Waals surface area (Å²) in [5.41, 5.74) is 0. The van der Waals surface area contributed by atoms with Crippen molar-refractivity contribution in [3.63, 3.8) is 0 Å². The molecule has 86 valence electrons. The minimum absolute atomic E-state index is 0.0323. The molecule has 0 aromatic heterocycles. The Kier molecular flexibility index (Phi) is 7.81. The van der Waals surface area contributed by atoms with E-state index in [9.17, 15) is 8.42 Å². The zero-order valence-corrected chi connectivity index (χ0v) is 11.0. The highest BCUT2D eigenvalue weighted by atomic mass is 79.9. The predicted octanol–water partition coefficient (Wildman–Crippen LogP) is 0.973. The van der Waals surface area contributed by atoms with Gasteiger partial charge in [0.15, 0.2) is 0 Å². The molecule has 0 aliphatic rings. The number of alkyl halides is 1. The van der Waals surface area contributed by atoms with Gasteiger partial charge in [0.2, 0.25) is 10.0 Å². The second-order valence-corrected chi connectivity index (χ2v) is 5.96. The maximum absolute atomic E-state index is 11.3. The smallest absolute Gasteiger partial charge is 0.213 e. The molecule has 14 heavy (non-hydrogen) atoms. The summed E-state index contributed by atoms with van der Waals surface area (Å²) in [6.45, 7) is 2.75. The molecular formula is C8H18BrNO3S. The van der Waals surface area contributed by atoms with Gasteiger partial charge in [-0.3, -0.25) is 0 Å². The van der Waals surface area contributed by atoms with E-state index in [-0.39, 0.29) is 12.4 Å². The average molecular weight is 288 g/mol. The Balaban J connectivity index is 3.75. The summed E-state index contributed by atoms with van der Waals surface area (Å²) in [4.78, 5) is 0. The first-order valence-corrected chi connectivity index (χ1v) is 7.31. The average Bonchev–Trinajstić information content (AvgIpc) is 2.13. The first-order chi connectivity index (χ1) is 6.52. The summed E-state index contributed by atoms with van der Waals surface area (Å²) >= 11 is 3.32. The van der Waals surface area contributed by atoms with Crippen molar-refractivity contribution in [1.82, 2.24) is 4.72 Å². The molecule has 0 aliphatic heterocycles. The minimum Gasteiger partial charge on any atom is -0.384 e. The summed E-state index contributed by atoms with van der Waals surface area (Å²) in [7, 11) is -1.66. The molecule has 6 heteroatoms. The van der Waals surface area contributed by atoms with Gasteiger partial charge in [0.25, 0.3) is 0 Å². The summed E-state index contributed by atoms with van der Waals surface area (Å²) in [5.74, 6) is 0.386. The van der Waals surface area contributed by atoms with Crippen LogP contribution in [0.1, 0.15) is 13.3 Å². The molecule has 1 unspecified atom stereocenters. The van der Waals surface area contributed by atoms with Gasteiger partial charge in [0.1, 0.15) is 0 Å². The number of ether oxygens (including phenoxy) is 1. The Labute approximate surface area is 94.6 Å². The molecule has 0 saturated carbocycles. The van der Waals surface area contributed by atoms with Gasteiger partial charge in [0.05, 0.1) is 12.4 Å². The lowest BCUT2D eigenvalue weighted by molar-refractivity contribution is 0.217. The number of halogens is 1. The maximum Gasteiger partial charge on any atom is 0.213 e. The first kappa shape index (κ1) is 14.3. The van der Waals surface area contributed by atoms with E-state index in [2.05, 4.69) is 20.7 Å². The zero-order chi connectivity index (χ0) is 11.0.